The van der Waals surface area contributed by atoms with Gasteiger partial charge in [-0.1, -0.05) is 0 Å². The van der Waals surface area contributed by atoms with Crippen LogP contribution in [0.2, 0.25) is 0 Å². The molecular weight excluding hydrogens is 204 g/mol. The lowest BCUT2D eigenvalue weighted by Crippen LogP contribution is -2.05. The number of nitrogens with zero attached hydrogens (tertiary/aromatic N) is 2. The Kier molecular flexibility index (Phi) is 1.31. The van der Waals surface area contributed by atoms with Gasteiger partial charge >= 0.3 is 0 Å². The van der Waals surface area contributed by atoms with Crippen LogP contribution in [0.15, 0.2) is 0 Å². The molecule has 0 aromatic carbocycles. The molecular formula is C2H3BIN3. The molecule has 1 rings (SSSR count). The van der Waals surface area contributed by atoms with Gasteiger partial charge in [-0.3, -0.25) is 5.10 Å². The van der Waals surface area contributed by atoms with Gasteiger partial charge < -0.3 is 0 Å². The Hall–Kier alpha value is -0.0651. The molecule has 1 aromatic heterocycles. The number of halogens is 1. The van der Waals surface area contributed by atoms with Crippen LogP contribution >= 0.6 is 22.6 Å². The molecule has 1 heterocycles. The minimum absolute atomic E-state index is 0.773. The summed E-state index contributed by atoms with van der Waals surface area (Å²) in [5.41, 5.74) is 0.865. The zero-order valence-electron chi connectivity index (χ0n) is 3.77. The Balaban J connectivity index is 3.04. The molecule has 0 aliphatic rings. The van der Waals surface area contributed by atoms with Crippen molar-refractivity contribution in [2.45, 2.75) is 0 Å². The summed E-state index contributed by atoms with van der Waals surface area (Å²) >= 11 is 2.05. The first-order chi connectivity index (χ1) is 3.29. The molecule has 0 saturated carbocycles. The molecule has 0 radical (unpaired) electrons. The zero-order chi connectivity index (χ0) is 5.28. The van der Waals surface area contributed by atoms with E-state index in [0.717, 1.165) is 9.55 Å². The fourth-order valence-corrected chi connectivity index (χ4v) is 0.798. The van der Waals surface area contributed by atoms with Gasteiger partial charge in [-0.15, -0.1) is 5.10 Å². The van der Waals surface area contributed by atoms with Crippen molar-refractivity contribution in [1.29, 1.82) is 0 Å². The average molecular weight is 207 g/mol. The Morgan fingerprint density at radius 3 is 2.57 bits per heavy atom. The third kappa shape index (κ3) is 1.15. The van der Waals surface area contributed by atoms with Gasteiger partial charge in [-0.25, -0.2) is 4.98 Å². The van der Waals surface area contributed by atoms with Crippen LogP contribution < -0.4 is 5.72 Å². The van der Waals surface area contributed by atoms with E-state index < -0.39 is 0 Å². The minimum Gasteiger partial charge on any atom is -0.272 e. The Morgan fingerprint density at radius 1 is 1.71 bits per heavy atom. The third-order valence-corrected chi connectivity index (χ3v) is 1.05. The predicted molar refractivity (Wildman–Crippen MR) is 37.3 cm³/mol. The normalized spacial score (nSPS) is 9.29. The number of aromatic amines is 1. The van der Waals surface area contributed by atoms with Crippen molar-refractivity contribution >= 4 is 36.2 Å². The first kappa shape index (κ1) is 5.08. The molecule has 1 N–H and O–H groups in total. The van der Waals surface area contributed by atoms with Gasteiger partial charge in [0.2, 0.25) is 3.83 Å². The van der Waals surface area contributed by atoms with Gasteiger partial charge in [0.15, 0.2) is 7.85 Å². The van der Waals surface area contributed by atoms with Gasteiger partial charge in [0, 0.05) is 22.6 Å². The maximum atomic E-state index is 3.93. The second kappa shape index (κ2) is 1.81. The lowest BCUT2D eigenvalue weighted by atomic mass is 10.1. The molecule has 0 amide bonds. The summed E-state index contributed by atoms with van der Waals surface area (Å²) in [6.45, 7) is 0. The van der Waals surface area contributed by atoms with E-state index in [4.69, 9.17) is 0 Å². The number of aromatic nitrogens is 3. The monoisotopic (exact) mass is 207 g/mol. The molecule has 36 valence electrons. The Morgan fingerprint density at radius 2 is 2.43 bits per heavy atom. The topological polar surface area (TPSA) is 41.6 Å². The van der Waals surface area contributed by atoms with Gasteiger partial charge in [0.05, 0.1) is 5.72 Å². The molecule has 7 heavy (non-hydrogen) atoms. The molecule has 0 saturated heterocycles. The van der Waals surface area contributed by atoms with Crippen molar-refractivity contribution in [3.05, 3.63) is 3.83 Å². The summed E-state index contributed by atoms with van der Waals surface area (Å²) in [5.74, 6) is 0. The highest BCUT2D eigenvalue weighted by molar-refractivity contribution is 14.1. The van der Waals surface area contributed by atoms with Crippen LogP contribution in [0, 0.1) is 3.83 Å². The largest absolute Gasteiger partial charge is 0.272 e. The molecule has 0 bridgehead atoms. The summed E-state index contributed by atoms with van der Waals surface area (Å²) < 4.78 is 0.773. The number of rotatable bonds is 0. The Bertz CT molecular complexity index is 145. The van der Waals surface area contributed by atoms with Crippen LogP contribution in [0.25, 0.3) is 0 Å². The summed E-state index contributed by atoms with van der Waals surface area (Å²) in [7, 11) is 1.87. The lowest BCUT2D eigenvalue weighted by molar-refractivity contribution is 1.08. The van der Waals surface area contributed by atoms with Crippen molar-refractivity contribution in [2.75, 3.05) is 0 Å². The van der Waals surface area contributed by atoms with Gasteiger partial charge in [-0.2, -0.15) is 0 Å². The van der Waals surface area contributed by atoms with E-state index >= 15 is 0 Å². The predicted octanol–water partition coefficient (Wildman–Crippen LogP) is -1.33. The summed E-state index contributed by atoms with van der Waals surface area (Å²) in [4.78, 5) is 3.93. The summed E-state index contributed by atoms with van der Waals surface area (Å²) in [5, 5.41) is 6.47. The van der Waals surface area contributed by atoms with Crippen LogP contribution in [0.1, 0.15) is 0 Å². The second-order valence-corrected chi connectivity index (χ2v) is 2.15. The van der Waals surface area contributed by atoms with Crippen molar-refractivity contribution in [3.8, 4) is 0 Å². The van der Waals surface area contributed by atoms with Crippen molar-refractivity contribution in [1.82, 2.24) is 15.2 Å². The van der Waals surface area contributed by atoms with Gasteiger partial charge in [-0.05, 0) is 0 Å². The van der Waals surface area contributed by atoms with E-state index in [0.29, 0.717) is 0 Å². The van der Waals surface area contributed by atoms with Gasteiger partial charge in [0.1, 0.15) is 0 Å². The molecule has 0 aliphatic heterocycles. The molecule has 5 heteroatoms. The fourth-order valence-electron chi connectivity index (χ4n) is 0.315. The highest BCUT2D eigenvalue weighted by atomic mass is 127. The maximum Gasteiger partial charge on any atom is 0.210 e. The van der Waals surface area contributed by atoms with Crippen LogP contribution in [0.5, 0.6) is 0 Å². The van der Waals surface area contributed by atoms with E-state index in [-0.39, 0.29) is 0 Å². The van der Waals surface area contributed by atoms with E-state index in [1.165, 1.54) is 0 Å². The van der Waals surface area contributed by atoms with Crippen LogP contribution in [-0.2, 0) is 0 Å². The van der Waals surface area contributed by atoms with Crippen LogP contribution in [-0.4, -0.2) is 23.0 Å². The molecule has 0 aliphatic carbocycles. The van der Waals surface area contributed by atoms with Crippen LogP contribution in [0.4, 0.5) is 0 Å². The number of hydrogen-bond donors (Lipinski definition) is 1. The van der Waals surface area contributed by atoms with Crippen molar-refractivity contribution < 1.29 is 0 Å². The van der Waals surface area contributed by atoms with Gasteiger partial charge in [0.25, 0.3) is 0 Å². The zero-order valence-corrected chi connectivity index (χ0v) is 5.93. The minimum atomic E-state index is 0.773. The number of H-pyrrole nitrogens is 1. The third-order valence-electron chi connectivity index (χ3n) is 0.570. The smallest absolute Gasteiger partial charge is 0.210 e. The molecule has 1 aromatic rings. The second-order valence-electron chi connectivity index (χ2n) is 1.19. The van der Waals surface area contributed by atoms with E-state index in [1.807, 2.05) is 30.4 Å². The molecule has 0 unspecified atom stereocenters. The fraction of sp³-hybridized carbons (Fsp3) is 0. The summed E-state index contributed by atoms with van der Waals surface area (Å²) in [6.07, 6.45) is 0. The summed E-state index contributed by atoms with van der Waals surface area (Å²) in [6, 6.07) is 0. The molecule has 0 spiro atoms. The lowest BCUT2D eigenvalue weighted by Gasteiger charge is -1.66. The first-order valence-electron chi connectivity index (χ1n) is 1.83. The molecule has 3 nitrogen and oxygen atoms in total. The van der Waals surface area contributed by atoms with E-state index in [1.54, 1.807) is 0 Å². The molecule has 0 fully saturated rings. The van der Waals surface area contributed by atoms with Crippen molar-refractivity contribution in [2.24, 2.45) is 0 Å². The molecule has 0 atom stereocenters. The highest BCUT2D eigenvalue weighted by Crippen LogP contribution is 1.85. The van der Waals surface area contributed by atoms with Crippen LogP contribution in [0.3, 0.4) is 0 Å². The quantitative estimate of drug-likeness (QED) is 0.422. The van der Waals surface area contributed by atoms with Crippen molar-refractivity contribution in [3.63, 3.8) is 0 Å². The van der Waals surface area contributed by atoms with E-state index in [2.05, 4.69) is 15.2 Å². The maximum absolute atomic E-state index is 3.93. The Labute approximate surface area is 55.5 Å². The first-order valence-corrected chi connectivity index (χ1v) is 2.91. The average Bonchev–Trinajstić information content (AvgIpc) is 1.87. The standard InChI is InChI=1S/C2H3BIN3/c3-1-5-2(4)7-6-1/h3H2,(H,5,6,7). The van der Waals surface area contributed by atoms with E-state index in [9.17, 15) is 0 Å². The highest BCUT2D eigenvalue weighted by Gasteiger charge is 1.88. The SMILES string of the molecule is Bc1nc(I)n[nH]1. The number of hydrogen-bond acceptors (Lipinski definition) is 2. The number of nitrogens with one attached hydrogen (secondary N) is 1.